The van der Waals surface area contributed by atoms with Crippen LogP contribution >= 0.6 is 0 Å². The van der Waals surface area contributed by atoms with Crippen LogP contribution in [0.25, 0.3) is 0 Å². The van der Waals surface area contributed by atoms with Gasteiger partial charge in [-0.1, -0.05) is 11.6 Å². The van der Waals surface area contributed by atoms with Gasteiger partial charge in [0.25, 0.3) is 0 Å². The molecular formula is C23H30N2O4. The van der Waals surface area contributed by atoms with Crippen molar-refractivity contribution in [1.29, 1.82) is 0 Å². The van der Waals surface area contributed by atoms with Crippen LogP contribution in [-0.4, -0.2) is 24.7 Å². The average Bonchev–Trinajstić information content (AvgIpc) is 2.69. The Morgan fingerprint density at radius 2 is 1.62 bits per heavy atom. The van der Waals surface area contributed by atoms with Gasteiger partial charge in [-0.15, -0.1) is 0 Å². The summed E-state index contributed by atoms with van der Waals surface area (Å²) in [5.41, 5.74) is 6.34. The normalized spacial score (nSPS) is 29.4. The molecule has 156 valence electrons. The van der Waals surface area contributed by atoms with Crippen LogP contribution in [0.3, 0.4) is 0 Å². The molecule has 0 spiro atoms. The Labute approximate surface area is 171 Å². The predicted octanol–water partition coefficient (Wildman–Crippen LogP) is 3.33. The number of carbonyl (C=O) groups is 3. The molecule has 5 rings (SSSR count). The Morgan fingerprint density at radius 3 is 2.21 bits per heavy atom. The van der Waals surface area contributed by atoms with E-state index < -0.39 is 0 Å². The van der Waals surface area contributed by atoms with Gasteiger partial charge in [-0.25, -0.2) is 0 Å². The number of methoxy groups -OCH3 is 1. The molecule has 2 N–H and O–H groups in total. The lowest BCUT2D eigenvalue weighted by Gasteiger charge is -2.55. The molecule has 6 heteroatoms. The van der Waals surface area contributed by atoms with Crippen LogP contribution < -0.4 is 15.6 Å². The Balaban J connectivity index is 1.28. The van der Waals surface area contributed by atoms with Gasteiger partial charge in [-0.2, -0.15) is 0 Å². The molecule has 2 amide bonds. The number of amides is 2. The molecule has 0 saturated heterocycles. The molecule has 1 aromatic rings. The van der Waals surface area contributed by atoms with Crippen molar-refractivity contribution in [2.45, 2.75) is 58.3 Å². The molecule has 4 bridgehead atoms. The van der Waals surface area contributed by atoms with Crippen LogP contribution in [0.2, 0.25) is 0 Å². The third-order valence-electron chi connectivity index (χ3n) is 7.07. The van der Waals surface area contributed by atoms with E-state index in [-0.39, 0.29) is 35.9 Å². The lowest BCUT2D eigenvalue weighted by Crippen LogP contribution is -2.56. The van der Waals surface area contributed by atoms with Crippen LogP contribution in [-0.2, 0) is 9.59 Å². The second-order valence-corrected chi connectivity index (χ2v) is 9.33. The molecule has 0 heterocycles. The minimum absolute atomic E-state index is 0.0249. The number of ketones is 1. The number of carbonyl (C=O) groups excluding carboxylic acids is 3. The first kappa shape index (κ1) is 19.9. The summed E-state index contributed by atoms with van der Waals surface area (Å²) in [7, 11) is 1.52. The monoisotopic (exact) mass is 398 g/mol. The number of aryl methyl sites for hydroxylation is 1. The van der Waals surface area contributed by atoms with Gasteiger partial charge in [0.2, 0.25) is 11.8 Å². The molecule has 0 atom stereocenters. The molecule has 1 aromatic carbocycles. The number of hydrazine groups is 1. The number of ether oxygens (including phenoxy) is 1. The number of hydrogen-bond donors (Lipinski definition) is 2. The Morgan fingerprint density at radius 1 is 1.00 bits per heavy atom. The first-order valence-electron chi connectivity index (χ1n) is 10.7. The third kappa shape index (κ3) is 4.02. The second-order valence-electron chi connectivity index (χ2n) is 9.33. The molecule has 4 fully saturated rings. The van der Waals surface area contributed by atoms with Crippen molar-refractivity contribution in [3.05, 3.63) is 29.3 Å². The molecule has 6 nitrogen and oxygen atoms in total. The van der Waals surface area contributed by atoms with Crippen LogP contribution in [0, 0.1) is 30.1 Å². The molecule has 4 saturated carbocycles. The van der Waals surface area contributed by atoms with Crippen molar-refractivity contribution < 1.29 is 19.1 Å². The van der Waals surface area contributed by atoms with Gasteiger partial charge in [-0.05, 0) is 75.3 Å². The largest absolute Gasteiger partial charge is 0.496 e. The maximum absolute atomic E-state index is 12.9. The highest BCUT2D eigenvalue weighted by atomic mass is 16.5. The molecular weight excluding hydrogens is 368 g/mol. The summed E-state index contributed by atoms with van der Waals surface area (Å²) < 4.78 is 5.25. The van der Waals surface area contributed by atoms with Crippen molar-refractivity contribution >= 4 is 17.6 Å². The van der Waals surface area contributed by atoms with Gasteiger partial charge in [0.05, 0.1) is 18.1 Å². The highest BCUT2D eigenvalue weighted by molar-refractivity contribution is 6.00. The van der Waals surface area contributed by atoms with Crippen molar-refractivity contribution in [2.75, 3.05) is 7.11 Å². The predicted molar refractivity (Wildman–Crippen MR) is 108 cm³/mol. The standard InChI is InChI=1S/C23H30N2O4/c1-14-3-5-20(29-2)18(7-14)19(26)4-6-21(27)24-25-22(28)23-11-15-8-16(12-23)10-17(9-15)13-23/h3,5,7,15-17H,4,6,8-13H2,1-2H3,(H,24,27)(H,25,28). The smallest absolute Gasteiger partial charge is 0.244 e. The summed E-state index contributed by atoms with van der Waals surface area (Å²) in [6.45, 7) is 1.91. The maximum Gasteiger partial charge on any atom is 0.244 e. The summed E-state index contributed by atoms with van der Waals surface area (Å²) in [5.74, 6) is 1.99. The zero-order valence-electron chi connectivity index (χ0n) is 17.3. The minimum atomic E-state index is -0.344. The first-order valence-corrected chi connectivity index (χ1v) is 10.7. The lowest BCUT2D eigenvalue weighted by atomic mass is 9.49. The van der Waals surface area contributed by atoms with Crippen LogP contribution in [0.4, 0.5) is 0 Å². The fraction of sp³-hybridized carbons (Fsp3) is 0.609. The van der Waals surface area contributed by atoms with E-state index in [2.05, 4.69) is 10.9 Å². The minimum Gasteiger partial charge on any atom is -0.496 e. The molecule has 0 unspecified atom stereocenters. The molecule has 4 aliphatic carbocycles. The van der Waals surface area contributed by atoms with E-state index in [0.29, 0.717) is 29.1 Å². The van der Waals surface area contributed by atoms with Gasteiger partial charge >= 0.3 is 0 Å². The maximum atomic E-state index is 12.9. The quantitative estimate of drug-likeness (QED) is 0.569. The van der Waals surface area contributed by atoms with Crippen LogP contribution in [0.5, 0.6) is 5.75 Å². The summed E-state index contributed by atoms with van der Waals surface area (Å²) in [6, 6.07) is 5.41. The van der Waals surface area contributed by atoms with E-state index in [1.165, 1.54) is 26.4 Å². The first-order chi connectivity index (χ1) is 13.9. The van der Waals surface area contributed by atoms with Crippen molar-refractivity contribution in [3.63, 3.8) is 0 Å². The van der Waals surface area contributed by atoms with Crippen LogP contribution in [0.1, 0.15) is 67.3 Å². The van der Waals surface area contributed by atoms with E-state index >= 15 is 0 Å². The number of Topliss-reactive ketones (excluding diaryl/α,β-unsaturated/α-hetero) is 1. The zero-order valence-corrected chi connectivity index (χ0v) is 17.3. The summed E-state index contributed by atoms with van der Waals surface area (Å²) in [4.78, 5) is 37.6. The fourth-order valence-corrected chi connectivity index (χ4v) is 6.11. The summed E-state index contributed by atoms with van der Waals surface area (Å²) >= 11 is 0. The lowest BCUT2D eigenvalue weighted by molar-refractivity contribution is -0.148. The van der Waals surface area contributed by atoms with E-state index in [9.17, 15) is 14.4 Å². The zero-order chi connectivity index (χ0) is 20.6. The topological polar surface area (TPSA) is 84.5 Å². The van der Waals surface area contributed by atoms with E-state index in [1.807, 2.05) is 13.0 Å². The summed E-state index contributed by atoms with van der Waals surface area (Å²) in [6.07, 6.45) is 6.75. The highest BCUT2D eigenvalue weighted by Crippen LogP contribution is 2.60. The van der Waals surface area contributed by atoms with Gasteiger partial charge in [-0.3, -0.25) is 25.2 Å². The van der Waals surface area contributed by atoms with Gasteiger partial charge in [0.1, 0.15) is 5.75 Å². The van der Waals surface area contributed by atoms with Crippen LogP contribution in [0.15, 0.2) is 18.2 Å². The van der Waals surface area contributed by atoms with Gasteiger partial charge < -0.3 is 4.74 Å². The van der Waals surface area contributed by atoms with E-state index in [1.54, 1.807) is 12.1 Å². The van der Waals surface area contributed by atoms with E-state index in [4.69, 9.17) is 4.74 Å². The number of hydrogen-bond acceptors (Lipinski definition) is 4. The summed E-state index contributed by atoms with van der Waals surface area (Å²) in [5, 5.41) is 0. The Bertz CT molecular complexity index is 797. The Hall–Kier alpha value is -2.37. The number of benzene rings is 1. The van der Waals surface area contributed by atoms with Crippen molar-refractivity contribution in [3.8, 4) is 5.75 Å². The highest BCUT2D eigenvalue weighted by Gasteiger charge is 2.54. The number of rotatable bonds is 6. The van der Waals surface area contributed by atoms with Gasteiger partial charge in [0, 0.05) is 12.8 Å². The number of nitrogens with one attached hydrogen (secondary N) is 2. The Kier molecular flexibility index (Phi) is 5.36. The SMILES string of the molecule is COc1ccc(C)cc1C(=O)CCC(=O)NNC(=O)C12CC3CC(CC(C3)C1)C2. The molecule has 0 aromatic heterocycles. The molecule has 0 aliphatic heterocycles. The second kappa shape index (κ2) is 7.81. The van der Waals surface area contributed by atoms with Gasteiger partial charge in [0.15, 0.2) is 5.78 Å². The molecule has 0 radical (unpaired) electrons. The third-order valence-corrected chi connectivity index (χ3v) is 7.07. The van der Waals surface area contributed by atoms with Crippen molar-refractivity contribution in [1.82, 2.24) is 10.9 Å². The van der Waals surface area contributed by atoms with Crippen molar-refractivity contribution in [2.24, 2.45) is 23.2 Å². The average molecular weight is 399 g/mol. The fourth-order valence-electron chi connectivity index (χ4n) is 6.11. The van der Waals surface area contributed by atoms with E-state index in [0.717, 1.165) is 24.8 Å². The molecule has 4 aliphatic rings. The molecule has 29 heavy (non-hydrogen) atoms.